The summed E-state index contributed by atoms with van der Waals surface area (Å²) in [5.74, 6) is -0.748. The topological polar surface area (TPSA) is 249 Å². The number of carboxylic acids is 2. The molecule has 8 rings (SSSR count). The average molecular weight is 1340 g/mol. The van der Waals surface area contributed by atoms with Gasteiger partial charge in [0, 0.05) is 153 Å². The van der Waals surface area contributed by atoms with Crippen molar-refractivity contribution >= 4 is 35.4 Å². The van der Waals surface area contributed by atoms with Crippen LogP contribution in [0.1, 0.15) is 141 Å². The quantitative estimate of drug-likeness (QED) is 0.0326. The van der Waals surface area contributed by atoms with E-state index < -0.39 is 23.6 Å². The number of hydrogen-bond donors (Lipinski definition) is 2. The van der Waals surface area contributed by atoms with Crippen LogP contribution in [0.2, 0.25) is 0 Å². The van der Waals surface area contributed by atoms with Gasteiger partial charge in [0.1, 0.15) is 35.8 Å². The summed E-state index contributed by atoms with van der Waals surface area (Å²) >= 11 is 0. The predicted molar refractivity (Wildman–Crippen MR) is 366 cm³/mol. The molecule has 2 aromatic carbocycles. The highest BCUT2D eigenvalue weighted by Gasteiger charge is 2.52. The third-order valence-electron chi connectivity index (χ3n) is 18.7. The second-order valence-corrected chi connectivity index (χ2v) is 27.4. The van der Waals surface area contributed by atoms with E-state index in [1.165, 1.54) is 74.7 Å². The van der Waals surface area contributed by atoms with Crippen LogP contribution in [-0.4, -0.2) is 251 Å². The highest BCUT2D eigenvalue weighted by Crippen LogP contribution is 2.47. The predicted octanol–water partition coefficient (Wildman–Crippen LogP) is 9.63. The number of nitrogens with zero attached hydrogens (tertiary/aromatic N) is 14. The molecule has 4 aliphatic rings. The van der Waals surface area contributed by atoms with Crippen LogP contribution in [0.5, 0.6) is 23.3 Å². The molecule has 2 spiro atoms. The van der Waals surface area contributed by atoms with Crippen molar-refractivity contribution in [1.82, 2.24) is 59.8 Å². The average Bonchev–Trinajstić information content (AvgIpc) is 1.56. The van der Waals surface area contributed by atoms with Gasteiger partial charge >= 0.3 is 11.9 Å². The Morgan fingerprint density at radius 3 is 1.26 bits per heavy atom. The van der Waals surface area contributed by atoms with E-state index in [2.05, 4.69) is 102 Å². The Bertz CT molecular complexity index is 2930. The summed E-state index contributed by atoms with van der Waals surface area (Å²) in [5.41, 5.74) is 0.737. The standard InChI is InChI=1S/2C33H52FN7O3.C4H4O4/c2*1-8-41(25(4)5)32(42)27-19-26(34)12-13-29(27)44-31-30(35-23-36-37-31)39-17-14-33(20-39)21-40(22-33)28(24(2)3)11-9-15-38(6)16-10-18-43-7;5-3(6)1-2-4(7)8/h2*12-13,19,23-25,28H,8-11,14-18,20-22H2,1-7H3;1-2H,(H,5,6)(H,7,8)/b;;2-1+/t2*28-;/m11./s1. The number of hydrogen-bond acceptors (Lipinski definition) is 20. The lowest BCUT2D eigenvalue weighted by Gasteiger charge is -2.53. The summed E-state index contributed by atoms with van der Waals surface area (Å²) in [6, 6.07) is 9.07. The summed E-state index contributed by atoms with van der Waals surface area (Å²) in [5, 5.41) is 32.1. The molecular formula is C70H108F2N14O10. The number of ether oxygens (including phenoxy) is 4. The van der Waals surface area contributed by atoms with Gasteiger partial charge in [0.2, 0.25) is 0 Å². The summed E-state index contributed by atoms with van der Waals surface area (Å²) in [7, 11) is 7.92. The zero-order valence-electron chi connectivity index (χ0n) is 59.4. The van der Waals surface area contributed by atoms with Crippen LogP contribution in [0.15, 0.2) is 61.2 Å². The van der Waals surface area contributed by atoms with Crippen molar-refractivity contribution in [2.45, 2.75) is 145 Å². The number of aromatic nitrogens is 6. The minimum atomic E-state index is -1.26. The van der Waals surface area contributed by atoms with Gasteiger partial charge in [0.05, 0.1) is 11.1 Å². The van der Waals surface area contributed by atoms with E-state index in [0.29, 0.717) is 60.8 Å². The van der Waals surface area contributed by atoms with E-state index in [4.69, 9.17) is 29.2 Å². The highest BCUT2D eigenvalue weighted by atomic mass is 19.1. The largest absolute Gasteiger partial charge is 0.478 e. The summed E-state index contributed by atoms with van der Waals surface area (Å²) < 4.78 is 51.3. The molecule has 6 heterocycles. The van der Waals surface area contributed by atoms with Gasteiger partial charge in [-0.25, -0.2) is 28.3 Å². The minimum absolute atomic E-state index is 0.0390. The van der Waals surface area contributed by atoms with Gasteiger partial charge in [-0.05, 0) is 168 Å². The van der Waals surface area contributed by atoms with Crippen molar-refractivity contribution in [3.05, 3.63) is 84.0 Å². The Balaban J connectivity index is 0.000000272. The van der Waals surface area contributed by atoms with Gasteiger partial charge in [-0.2, -0.15) is 0 Å². The van der Waals surface area contributed by atoms with Gasteiger partial charge in [0.25, 0.3) is 23.6 Å². The van der Waals surface area contributed by atoms with Crippen LogP contribution >= 0.6 is 0 Å². The molecule has 0 aliphatic carbocycles. The molecule has 0 radical (unpaired) electrons. The maximum Gasteiger partial charge on any atom is 0.328 e. The van der Waals surface area contributed by atoms with Gasteiger partial charge in [-0.1, -0.05) is 27.7 Å². The van der Waals surface area contributed by atoms with E-state index >= 15 is 0 Å². The van der Waals surface area contributed by atoms with Crippen LogP contribution in [0.25, 0.3) is 0 Å². The normalized spacial score (nSPS) is 16.5. The molecule has 4 fully saturated rings. The number of carbonyl (C=O) groups excluding carboxylic acids is 2. The third kappa shape index (κ3) is 22.2. The third-order valence-corrected chi connectivity index (χ3v) is 18.7. The summed E-state index contributed by atoms with van der Waals surface area (Å²) in [6.45, 7) is 35.6. The highest BCUT2D eigenvalue weighted by molar-refractivity contribution is 5.98. The molecular weight excluding hydrogens is 1230 g/mol. The molecule has 96 heavy (non-hydrogen) atoms. The monoisotopic (exact) mass is 1340 g/mol. The summed E-state index contributed by atoms with van der Waals surface area (Å²) in [4.78, 5) is 72.8. The molecule has 2 amide bonds. The number of aliphatic carboxylic acids is 2. The number of carboxylic acid groups (broad SMARTS) is 2. The number of carbonyl (C=O) groups is 4. The minimum Gasteiger partial charge on any atom is -0.478 e. The maximum absolute atomic E-state index is 14.3. The van der Waals surface area contributed by atoms with E-state index in [9.17, 15) is 28.0 Å². The first-order valence-electron chi connectivity index (χ1n) is 34.2. The van der Waals surface area contributed by atoms with E-state index in [1.807, 2.05) is 41.5 Å². The zero-order chi connectivity index (χ0) is 70.3. The Labute approximate surface area is 567 Å². The molecule has 24 nitrogen and oxygen atoms in total. The number of amides is 2. The lowest BCUT2D eigenvalue weighted by Crippen LogP contribution is -2.62. The van der Waals surface area contributed by atoms with E-state index in [-0.39, 0.29) is 69.1 Å². The number of likely N-dealkylation sites (tertiary alicyclic amines) is 2. The first-order chi connectivity index (χ1) is 45.8. The van der Waals surface area contributed by atoms with E-state index in [1.54, 1.807) is 24.0 Å². The van der Waals surface area contributed by atoms with Gasteiger partial charge in [0.15, 0.2) is 11.6 Å². The molecule has 4 aliphatic heterocycles. The molecule has 532 valence electrons. The maximum atomic E-state index is 14.3. The van der Waals surface area contributed by atoms with Gasteiger partial charge in [-0.3, -0.25) is 19.4 Å². The summed E-state index contributed by atoms with van der Waals surface area (Å²) in [6.07, 6.45) is 13.0. The van der Waals surface area contributed by atoms with Crippen molar-refractivity contribution < 1.29 is 57.1 Å². The van der Waals surface area contributed by atoms with Crippen molar-refractivity contribution in [2.75, 3.05) is 143 Å². The molecule has 2 aromatic heterocycles. The Kier molecular flexibility index (Phi) is 30.5. The number of halogens is 2. The number of anilines is 2. The molecule has 4 aromatic rings. The second kappa shape index (κ2) is 37.6. The zero-order valence-corrected chi connectivity index (χ0v) is 59.4. The molecule has 26 heteroatoms. The van der Waals surface area contributed by atoms with Gasteiger partial charge in [-0.15, -0.1) is 20.4 Å². The van der Waals surface area contributed by atoms with Crippen molar-refractivity contribution in [2.24, 2.45) is 22.7 Å². The van der Waals surface area contributed by atoms with Crippen LogP contribution in [0.3, 0.4) is 0 Å². The fourth-order valence-electron chi connectivity index (χ4n) is 13.8. The first-order valence-corrected chi connectivity index (χ1v) is 34.2. The van der Waals surface area contributed by atoms with Crippen molar-refractivity contribution in [3.63, 3.8) is 0 Å². The number of rotatable bonds is 34. The molecule has 0 saturated carbocycles. The van der Waals surface area contributed by atoms with Gasteiger partial charge < -0.3 is 58.6 Å². The molecule has 0 bridgehead atoms. The van der Waals surface area contributed by atoms with Crippen LogP contribution in [0, 0.1) is 34.3 Å². The van der Waals surface area contributed by atoms with Crippen molar-refractivity contribution in [3.8, 4) is 23.3 Å². The molecule has 2 N–H and O–H groups in total. The Morgan fingerprint density at radius 2 is 0.938 bits per heavy atom. The SMILES string of the molecule is CCN(C(=O)c1cc(F)ccc1Oc1nncnc1N1CCC2(C1)CN([C@H](CCCN(C)CCCOC)C(C)C)C2)C(C)C.CCN(C(=O)c1cc(F)ccc1Oc1nncnc1N1CCC2(C1)CN([C@H](CCCN(C)CCCOC)C(C)C)C2)C(C)C.O=C(O)/C=C/C(=O)O. The molecule has 2 atom stereocenters. The fourth-order valence-corrected chi connectivity index (χ4v) is 13.8. The molecule has 0 unspecified atom stereocenters. The van der Waals surface area contributed by atoms with Crippen LogP contribution in [-0.2, 0) is 19.1 Å². The first kappa shape index (κ1) is 77.9. The Morgan fingerprint density at radius 1 is 0.573 bits per heavy atom. The second-order valence-electron chi connectivity index (χ2n) is 27.4. The van der Waals surface area contributed by atoms with E-state index in [0.717, 1.165) is 117 Å². The number of benzene rings is 2. The lowest BCUT2D eigenvalue weighted by atomic mass is 9.76. The fraction of sp³-hybridized carbons (Fsp3) is 0.657. The van der Waals surface area contributed by atoms with Crippen molar-refractivity contribution in [1.29, 1.82) is 0 Å². The Hall–Kier alpha value is -7.10. The smallest absolute Gasteiger partial charge is 0.328 e. The molecule has 4 saturated heterocycles. The van der Waals surface area contributed by atoms with Crippen LogP contribution in [0.4, 0.5) is 20.4 Å². The number of methoxy groups -OCH3 is 2. The lowest BCUT2D eigenvalue weighted by molar-refractivity contribution is -0.134. The van der Waals surface area contributed by atoms with Crippen LogP contribution < -0.4 is 19.3 Å².